The number of ether oxygens (including phenoxy) is 1. The van der Waals surface area contributed by atoms with Crippen LogP contribution in [-0.4, -0.2) is 22.8 Å². The first-order chi connectivity index (χ1) is 10.2. The van der Waals surface area contributed by atoms with Crippen LogP contribution in [0.2, 0.25) is 0 Å². The van der Waals surface area contributed by atoms with E-state index in [9.17, 15) is 5.11 Å². The van der Waals surface area contributed by atoms with Gasteiger partial charge in [-0.3, -0.25) is 5.41 Å². The number of aliphatic hydroxyl groups excluding tert-OH is 1. The van der Waals surface area contributed by atoms with E-state index in [1.54, 1.807) is 23.1 Å². The second-order valence-electron chi connectivity index (χ2n) is 4.84. The number of nitrogens with two attached hydrogens (primary N) is 1. The van der Waals surface area contributed by atoms with E-state index in [1.165, 1.54) is 5.56 Å². The van der Waals surface area contributed by atoms with Gasteiger partial charge in [-0.25, -0.2) is 0 Å². The minimum atomic E-state index is -0.335. The molecule has 0 saturated heterocycles. The summed E-state index contributed by atoms with van der Waals surface area (Å²) < 4.78 is 5.89. The van der Waals surface area contributed by atoms with Gasteiger partial charge in [-0.1, -0.05) is 12.1 Å². The Morgan fingerprint density at radius 1 is 1.48 bits per heavy atom. The van der Waals surface area contributed by atoms with Crippen LogP contribution in [0.5, 0.6) is 5.75 Å². The highest BCUT2D eigenvalue weighted by Gasteiger charge is 2.25. The molecule has 110 valence electrons. The van der Waals surface area contributed by atoms with Gasteiger partial charge in [0, 0.05) is 9.77 Å². The topological polar surface area (TPSA) is 79.3 Å². The number of hydrogen-bond donors (Lipinski definition) is 3. The molecule has 0 aliphatic carbocycles. The van der Waals surface area contributed by atoms with Crippen molar-refractivity contribution in [2.45, 2.75) is 22.7 Å². The van der Waals surface area contributed by atoms with Crippen molar-refractivity contribution < 1.29 is 9.84 Å². The Bertz CT molecular complexity index is 643. The monoisotopic (exact) mass is 320 g/mol. The van der Waals surface area contributed by atoms with Crippen molar-refractivity contribution in [3.63, 3.8) is 0 Å². The van der Waals surface area contributed by atoms with Gasteiger partial charge in [0.05, 0.1) is 11.9 Å². The van der Waals surface area contributed by atoms with E-state index in [0.717, 1.165) is 21.9 Å². The van der Waals surface area contributed by atoms with Crippen molar-refractivity contribution in [2.75, 3.05) is 6.61 Å². The number of aliphatic hydroxyl groups is 1. The lowest BCUT2D eigenvalue weighted by Crippen LogP contribution is -2.24. The van der Waals surface area contributed by atoms with Gasteiger partial charge in [-0.15, -0.1) is 23.1 Å². The molecule has 1 aromatic heterocycles. The van der Waals surface area contributed by atoms with E-state index >= 15 is 0 Å². The van der Waals surface area contributed by atoms with Crippen LogP contribution in [0.15, 0.2) is 40.6 Å². The number of thiophene rings is 1. The minimum absolute atomic E-state index is 0.0289. The molecule has 4 N–H and O–H groups in total. The predicted octanol–water partition coefficient (Wildman–Crippen LogP) is 2.81. The number of fused-ring (bicyclic) bond motifs is 1. The molecule has 0 amide bonds. The van der Waals surface area contributed by atoms with Crippen molar-refractivity contribution in [3.8, 4) is 5.75 Å². The largest absolute Gasteiger partial charge is 0.482 e. The molecule has 0 radical (unpaired) electrons. The summed E-state index contributed by atoms with van der Waals surface area (Å²) in [6.45, 7) is -0.0548. The summed E-state index contributed by atoms with van der Waals surface area (Å²) in [4.78, 5) is 2.11. The summed E-state index contributed by atoms with van der Waals surface area (Å²) >= 11 is 3.17. The van der Waals surface area contributed by atoms with Gasteiger partial charge in [-0.2, -0.15) is 0 Å². The number of rotatable bonds is 5. The van der Waals surface area contributed by atoms with E-state index in [1.807, 2.05) is 35.7 Å². The average molecular weight is 320 g/mol. The molecule has 2 aromatic rings. The summed E-state index contributed by atoms with van der Waals surface area (Å²) in [6.07, 6.45) is 0.460. The molecule has 0 fully saturated rings. The SMILES string of the molecule is N=C(N)C1Cc2ccc(OC(CO)c3cccs3)cc2S1. The van der Waals surface area contributed by atoms with Gasteiger partial charge < -0.3 is 15.6 Å². The Morgan fingerprint density at radius 3 is 3.00 bits per heavy atom. The maximum absolute atomic E-state index is 9.50. The molecule has 0 bridgehead atoms. The van der Waals surface area contributed by atoms with Crippen LogP contribution in [-0.2, 0) is 6.42 Å². The van der Waals surface area contributed by atoms with Crippen LogP contribution in [0.1, 0.15) is 16.5 Å². The molecule has 1 aromatic carbocycles. The van der Waals surface area contributed by atoms with Gasteiger partial charge in [-0.05, 0) is 35.6 Å². The molecular formula is C15H16N2O2S2. The highest BCUT2D eigenvalue weighted by Crippen LogP contribution is 2.39. The summed E-state index contributed by atoms with van der Waals surface area (Å²) in [7, 11) is 0. The predicted molar refractivity (Wildman–Crippen MR) is 86.5 cm³/mol. The maximum atomic E-state index is 9.50. The number of benzene rings is 1. The van der Waals surface area contributed by atoms with Gasteiger partial charge in [0.1, 0.15) is 11.6 Å². The molecular weight excluding hydrogens is 304 g/mol. The van der Waals surface area contributed by atoms with Gasteiger partial charge >= 0.3 is 0 Å². The summed E-state index contributed by atoms with van der Waals surface area (Å²) in [5, 5.41) is 19.1. The Hall–Kier alpha value is -1.50. The van der Waals surface area contributed by atoms with Crippen molar-refractivity contribution in [3.05, 3.63) is 46.2 Å². The first-order valence-corrected chi connectivity index (χ1v) is 8.37. The standard InChI is InChI=1S/C15H16N2O2S2/c16-15(17)14-6-9-3-4-10(7-13(9)21-14)19-11(8-18)12-2-1-5-20-12/h1-5,7,11,14,18H,6,8H2,(H3,16,17). The molecule has 2 atom stereocenters. The van der Waals surface area contributed by atoms with Crippen LogP contribution in [0.25, 0.3) is 0 Å². The molecule has 0 spiro atoms. The molecule has 2 heterocycles. The fourth-order valence-corrected chi connectivity index (χ4v) is 4.21. The Kier molecular flexibility index (Phi) is 4.19. The summed E-state index contributed by atoms with van der Waals surface area (Å²) in [5.41, 5.74) is 6.78. The number of amidine groups is 1. The Labute approximate surface area is 131 Å². The molecule has 3 rings (SSSR count). The van der Waals surface area contributed by atoms with Crippen LogP contribution in [0.3, 0.4) is 0 Å². The minimum Gasteiger partial charge on any atom is -0.482 e. The Morgan fingerprint density at radius 2 is 2.33 bits per heavy atom. The third kappa shape index (κ3) is 3.07. The van der Waals surface area contributed by atoms with E-state index in [0.29, 0.717) is 0 Å². The van der Waals surface area contributed by atoms with Crippen LogP contribution in [0.4, 0.5) is 0 Å². The lowest BCUT2D eigenvalue weighted by molar-refractivity contribution is 0.119. The van der Waals surface area contributed by atoms with E-state index < -0.39 is 0 Å². The summed E-state index contributed by atoms with van der Waals surface area (Å²) in [6, 6.07) is 9.81. The van der Waals surface area contributed by atoms with Crippen molar-refractivity contribution in [2.24, 2.45) is 5.73 Å². The normalized spacial score (nSPS) is 18.2. The highest BCUT2D eigenvalue weighted by atomic mass is 32.2. The summed E-state index contributed by atoms with van der Waals surface area (Å²) in [5.74, 6) is 0.948. The fourth-order valence-electron chi connectivity index (χ4n) is 2.28. The second kappa shape index (κ2) is 6.09. The van der Waals surface area contributed by atoms with Gasteiger partial charge in [0.2, 0.25) is 0 Å². The maximum Gasteiger partial charge on any atom is 0.156 e. The number of hydrogen-bond acceptors (Lipinski definition) is 5. The van der Waals surface area contributed by atoms with Gasteiger partial charge in [0.15, 0.2) is 6.10 Å². The Balaban J connectivity index is 1.76. The first kappa shape index (κ1) is 14.4. The quantitative estimate of drug-likeness (QED) is 0.584. The second-order valence-corrected chi connectivity index (χ2v) is 7.06. The number of thioether (sulfide) groups is 1. The van der Waals surface area contributed by atoms with Crippen LogP contribution >= 0.6 is 23.1 Å². The smallest absolute Gasteiger partial charge is 0.156 e. The van der Waals surface area contributed by atoms with Crippen molar-refractivity contribution in [1.82, 2.24) is 0 Å². The van der Waals surface area contributed by atoms with Crippen molar-refractivity contribution >= 4 is 28.9 Å². The molecule has 1 aliphatic rings. The molecule has 4 nitrogen and oxygen atoms in total. The van der Waals surface area contributed by atoms with Gasteiger partial charge in [0.25, 0.3) is 0 Å². The fraction of sp³-hybridized carbons (Fsp3) is 0.267. The third-order valence-corrected chi connectivity index (χ3v) is 5.67. The van der Waals surface area contributed by atoms with E-state index in [-0.39, 0.29) is 23.8 Å². The van der Waals surface area contributed by atoms with E-state index in [4.69, 9.17) is 15.9 Å². The lowest BCUT2D eigenvalue weighted by atomic mass is 10.1. The molecule has 0 saturated carbocycles. The lowest BCUT2D eigenvalue weighted by Gasteiger charge is -2.16. The highest BCUT2D eigenvalue weighted by molar-refractivity contribution is 8.01. The molecule has 2 unspecified atom stereocenters. The first-order valence-electron chi connectivity index (χ1n) is 6.62. The zero-order chi connectivity index (χ0) is 14.8. The molecule has 1 aliphatic heterocycles. The zero-order valence-electron chi connectivity index (χ0n) is 11.3. The number of nitrogens with one attached hydrogen (secondary N) is 1. The van der Waals surface area contributed by atoms with Crippen LogP contribution < -0.4 is 10.5 Å². The third-order valence-electron chi connectivity index (χ3n) is 3.36. The van der Waals surface area contributed by atoms with Crippen LogP contribution in [0, 0.1) is 5.41 Å². The molecule has 21 heavy (non-hydrogen) atoms. The van der Waals surface area contributed by atoms with E-state index in [2.05, 4.69) is 0 Å². The molecule has 6 heteroatoms. The average Bonchev–Trinajstić information content (AvgIpc) is 3.13. The van der Waals surface area contributed by atoms with Crippen molar-refractivity contribution in [1.29, 1.82) is 5.41 Å². The zero-order valence-corrected chi connectivity index (χ0v) is 12.9.